The topological polar surface area (TPSA) is 92.3 Å². The lowest BCUT2D eigenvalue weighted by Crippen LogP contribution is -2.43. The largest absolute Gasteiger partial charge is 0.298 e. The second-order valence-electron chi connectivity index (χ2n) is 8.17. The van der Waals surface area contributed by atoms with Gasteiger partial charge in [-0.15, -0.1) is 11.3 Å². The molecule has 1 amide bonds. The predicted molar refractivity (Wildman–Crippen MR) is 134 cm³/mol. The number of fused-ring (bicyclic) bond motifs is 3. The lowest BCUT2D eigenvalue weighted by atomic mass is 10.0. The first kappa shape index (κ1) is 22.4. The summed E-state index contributed by atoms with van der Waals surface area (Å²) in [5.74, 6) is -0.320. The molecule has 172 valence electrons. The van der Waals surface area contributed by atoms with Crippen molar-refractivity contribution in [3.8, 4) is 0 Å². The number of carbonyl (C=O) groups is 1. The fourth-order valence-electron chi connectivity index (χ4n) is 4.32. The van der Waals surface area contributed by atoms with Crippen LogP contribution in [0, 0.1) is 6.92 Å². The molecule has 1 aliphatic heterocycles. The second kappa shape index (κ2) is 8.75. The highest BCUT2D eigenvalue weighted by molar-refractivity contribution is 7.89. The van der Waals surface area contributed by atoms with Gasteiger partial charge in [-0.1, -0.05) is 24.7 Å². The zero-order chi connectivity index (χ0) is 23.2. The maximum Gasteiger partial charge on any atom is 0.257 e. The van der Waals surface area contributed by atoms with Gasteiger partial charge in [0.15, 0.2) is 5.13 Å². The van der Waals surface area contributed by atoms with Crippen LogP contribution in [0.1, 0.15) is 48.0 Å². The van der Waals surface area contributed by atoms with Crippen LogP contribution in [0.4, 0.5) is 5.13 Å². The highest BCUT2D eigenvalue weighted by Crippen LogP contribution is 2.36. The lowest BCUT2D eigenvalue weighted by Gasteiger charge is -2.34. The number of thiazole rings is 2. The maximum atomic E-state index is 13.1. The summed E-state index contributed by atoms with van der Waals surface area (Å²) in [6, 6.07) is 10.1. The van der Waals surface area contributed by atoms with Gasteiger partial charge in [0.2, 0.25) is 10.0 Å². The number of anilines is 1. The van der Waals surface area contributed by atoms with Crippen molar-refractivity contribution >= 4 is 64.2 Å². The van der Waals surface area contributed by atoms with E-state index in [2.05, 4.69) is 15.3 Å². The quantitative estimate of drug-likeness (QED) is 0.395. The number of hydrogen-bond acceptors (Lipinski definition) is 7. The second-order valence-corrected chi connectivity index (χ2v) is 12.3. The van der Waals surface area contributed by atoms with Gasteiger partial charge in [0, 0.05) is 18.2 Å². The normalized spacial score (nSPS) is 17.6. The minimum Gasteiger partial charge on any atom is -0.298 e. The van der Waals surface area contributed by atoms with Crippen molar-refractivity contribution < 1.29 is 13.2 Å². The van der Waals surface area contributed by atoms with Crippen LogP contribution in [-0.2, 0) is 10.0 Å². The summed E-state index contributed by atoms with van der Waals surface area (Å²) < 4.78 is 30.0. The number of nitrogens with one attached hydrogen (secondary N) is 1. The molecule has 2 aromatic heterocycles. The van der Waals surface area contributed by atoms with Gasteiger partial charge in [-0.2, -0.15) is 4.31 Å². The molecular formula is C23H24N4O3S3. The first-order chi connectivity index (χ1) is 15.9. The summed E-state index contributed by atoms with van der Waals surface area (Å²) in [6.45, 7) is 4.54. The number of rotatable bonds is 5. The van der Waals surface area contributed by atoms with Crippen LogP contribution in [0.3, 0.4) is 0 Å². The molecule has 7 nitrogen and oxygen atoms in total. The van der Waals surface area contributed by atoms with Gasteiger partial charge < -0.3 is 0 Å². The van der Waals surface area contributed by atoms with E-state index in [0.29, 0.717) is 17.2 Å². The van der Waals surface area contributed by atoms with Gasteiger partial charge in [0.05, 0.1) is 30.3 Å². The Labute approximate surface area is 200 Å². The zero-order valence-electron chi connectivity index (χ0n) is 18.4. The highest BCUT2D eigenvalue weighted by Gasteiger charge is 2.32. The molecule has 0 bridgehead atoms. The number of aryl methyl sites for hydroxylation is 1. The van der Waals surface area contributed by atoms with Crippen molar-refractivity contribution in [1.82, 2.24) is 14.3 Å². The van der Waals surface area contributed by atoms with Crippen LogP contribution in [0.5, 0.6) is 0 Å². The van der Waals surface area contributed by atoms with Gasteiger partial charge in [-0.05, 0) is 62.6 Å². The minimum absolute atomic E-state index is 0.0413. The minimum atomic E-state index is -3.57. The van der Waals surface area contributed by atoms with Crippen LogP contribution >= 0.6 is 22.7 Å². The first-order valence-electron chi connectivity index (χ1n) is 11.0. The molecule has 1 unspecified atom stereocenters. The Morgan fingerprint density at radius 1 is 1.06 bits per heavy atom. The average molecular weight is 501 g/mol. The molecule has 5 rings (SSSR count). The van der Waals surface area contributed by atoms with Crippen LogP contribution in [-0.4, -0.2) is 41.2 Å². The van der Waals surface area contributed by atoms with E-state index in [1.165, 1.54) is 23.5 Å². The Kier molecular flexibility index (Phi) is 5.94. The summed E-state index contributed by atoms with van der Waals surface area (Å²) in [5, 5.41) is 4.34. The van der Waals surface area contributed by atoms with Gasteiger partial charge in [-0.3, -0.25) is 10.1 Å². The number of carbonyl (C=O) groups excluding carboxylic acids is 1. The fourth-order valence-corrected chi connectivity index (χ4v) is 8.09. The molecule has 1 aliphatic rings. The van der Waals surface area contributed by atoms with Crippen LogP contribution in [0.2, 0.25) is 0 Å². The first-order valence-corrected chi connectivity index (χ1v) is 14.0. The van der Waals surface area contributed by atoms with E-state index in [0.717, 1.165) is 51.1 Å². The highest BCUT2D eigenvalue weighted by atomic mass is 32.2. The number of piperidine rings is 1. The number of nitrogens with zero attached hydrogens (tertiary/aromatic N) is 3. The van der Waals surface area contributed by atoms with E-state index >= 15 is 0 Å². The Morgan fingerprint density at radius 3 is 2.48 bits per heavy atom. The van der Waals surface area contributed by atoms with Crippen LogP contribution in [0.25, 0.3) is 20.4 Å². The van der Waals surface area contributed by atoms with E-state index in [-0.39, 0.29) is 16.8 Å². The number of hydrogen-bond donors (Lipinski definition) is 1. The Bertz CT molecular complexity index is 1440. The SMILES string of the molecule is CCC1CCCCN1S(=O)(=O)c1ccc(C(=O)Nc2nc3ccc4nc(C)sc4c3s2)cc1. The third kappa shape index (κ3) is 4.16. The molecule has 0 spiro atoms. The zero-order valence-corrected chi connectivity index (χ0v) is 20.8. The third-order valence-electron chi connectivity index (χ3n) is 6.01. The predicted octanol–water partition coefficient (Wildman–Crippen LogP) is 5.42. The van der Waals surface area contributed by atoms with Crippen molar-refractivity contribution in [3.63, 3.8) is 0 Å². The van der Waals surface area contributed by atoms with Crippen molar-refractivity contribution in [2.24, 2.45) is 0 Å². The molecule has 0 radical (unpaired) electrons. The molecule has 0 saturated carbocycles. The van der Waals surface area contributed by atoms with Gasteiger partial charge in [-0.25, -0.2) is 18.4 Å². The smallest absolute Gasteiger partial charge is 0.257 e. The molecule has 0 aliphatic carbocycles. The van der Waals surface area contributed by atoms with E-state index in [1.807, 2.05) is 26.0 Å². The fraction of sp³-hybridized carbons (Fsp3) is 0.348. The molecule has 1 saturated heterocycles. The number of sulfonamides is 1. The van der Waals surface area contributed by atoms with Crippen molar-refractivity contribution in [2.75, 3.05) is 11.9 Å². The van der Waals surface area contributed by atoms with Gasteiger partial charge in [0.25, 0.3) is 5.91 Å². The molecule has 1 fully saturated rings. The Balaban J connectivity index is 1.36. The number of aromatic nitrogens is 2. The molecule has 33 heavy (non-hydrogen) atoms. The standard InChI is InChI=1S/C23H24N4O3S3/c1-3-16-6-4-5-13-27(16)33(29,30)17-9-7-15(8-10-17)22(28)26-23-25-19-12-11-18-20(21(19)32-23)31-14(2)24-18/h7-12,16H,3-6,13H2,1-2H3,(H,25,26,28). The molecule has 10 heteroatoms. The van der Waals surface area contributed by atoms with Gasteiger partial charge in [0.1, 0.15) is 0 Å². The molecule has 4 aromatic rings. The number of amides is 1. The molecule has 1 atom stereocenters. The van der Waals surface area contributed by atoms with E-state index in [1.54, 1.807) is 27.8 Å². The van der Waals surface area contributed by atoms with Crippen LogP contribution < -0.4 is 5.32 Å². The molecule has 2 aromatic carbocycles. The van der Waals surface area contributed by atoms with Gasteiger partial charge >= 0.3 is 0 Å². The maximum absolute atomic E-state index is 13.1. The third-order valence-corrected chi connectivity index (χ3v) is 10.1. The van der Waals surface area contributed by atoms with Crippen molar-refractivity contribution in [3.05, 3.63) is 47.0 Å². The Morgan fingerprint density at radius 2 is 1.76 bits per heavy atom. The van der Waals surface area contributed by atoms with E-state index < -0.39 is 10.0 Å². The molecule has 1 N–H and O–H groups in total. The monoisotopic (exact) mass is 500 g/mol. The summed E-state index contributed by atoms with van der Waals surface area (Å²) in [4.78, 5) is 22.1. The summed E-state index contributed by atoms with van der Waals surface area (Å²) in [6.07, 6.45) is 3.64. The summed E-state index contributed by atoms with van der Waals surface area (Å²) >= 11 is 3.03. The lowest BCUT2D eigenvalue weighted by molar-refractivity contribution is 0.102. The molecular weight excluding hydrogens is 476 g/mol. The van der Waals surface area contributed by atoms with E-state index in [4.69, 9.17) is 0 Å². The summed E-state index contributed by atoms with van der Waals surface area (Å²) in [7, 11) is -3.57. The Hall–Kier alpha value is -2.40. The average Bonchev–Trinajstić information content (AvgIpc) is 3.41. The van der Waals surface area contributed by atoms with Crippen molar-refractivity contribution in [1.29, 1.82) is 0 Å². The van der Waals surface area contributed by atoms with Crippen LogP contribution in [0.15, 0.2) is 41.3 Å². The van der Waals surface area contributed by atoms with Crippen molar-refractivity contribution in [2.45, 2.75) is 50.5 Å². The number of benzene rings is 2. The summed E-state index contributed by atoms with van der Waals surface area (Å²) in [5.41, 5.74) is 2.14. The van der Waals surface area contributed by atoms with E-state index in [9.17, 15) is 13.2 Å². The molecule has 3 heterocycles.